The van der Waals surface area contributed by atoms with Crippen LogP contribution in [0.2, 0.25) is 0 Å². The van der Waals surface area contributed by atoms with Gasteiger partial charge in [0, 0.05) is 13.7 Å². The fourth-order valence-electron chi connectivity index (χ4n) is 2.37. The van der Waals surface area contributed by atoms with Gasteiger partial charge in [-0.2, -0.15) is 0 Å². The Labute approximate surface area is 123 Å². The molecule has 0 radical (unpaired) electrons. The first kappa shape index (κ1) is 15.5. The molecule has 0 aliphatic carbocycles. The Morgan fingerprint density at radius 3 is 2.57 bits per heavy atom. The maximum atomic E-state index is 12.3. The number of benzene rings is 1. The van der Waals surface area contributed by atoms with Gasteiger partial charge in [0.05, 0.1) is 19.3 Å². The number of rotatable bonds is 5. The lowest BCUT2D eigenvalue weighted by atomic mass is 10.1. The normalized spacial score (nSPS) is 22.6. The zero-order valence-corrected chi connectivity index (χ0v) is 12.2. The molecule has 3 atom stereocenters. The maximum absolute atomic E-state index is 12.3. The Bertz CT molecular complexity index is 492. The average molecular weight is 292 g/mol. The summed E-state index contributed by atoms with van der Waals surface area (Å²) in [6.07, 6.45) is 0.611. The number of nitrogens with one attached hydrogen (secondary N) is 2. The van der Waals surface area contributed by atoms with Gasteiger partial charge < -0.3 is 20.1 Å². The number of carbonyl (C=O) groups is 2. The van der Waals surface area contributed by atoms with Crippen molar-refractivity contribution in [3.05, 3.63) is 35.9 Å². The van der Waals surface area contributed by atoms with Crippen LogP contribution in [0.5, 0.6) is 0 Å². The lowest BCUT2D eigenvalue weighted by Gasteiger charge is -2.19. The number of carbonyl (C=O) groups excluding carboxylic acids is 2. The molecule has 0 aromatic heterocycles. The first-order chi connectivity index (χ1) is 10.2. The predicted molar refractivity (Wildman–Crippen MR) is 76.5 cm³/mol. The number of methoxy groups -OCH3 is 2. The van der Waals surface area contributed by atoms with E-state index in [2.05, 4.69) is 10.6 Å². The van der Waals surface area contributed by atoms with Crippen LogP contribution < -0.4 is 10.6 Å². The van der Waals surface area contributed by atoms with E-state index in [1.165, 1.54) is 7.11 Å². The quantitative estimate of drug-likeness (QED) is 0.768. The third-order valence-corrected chi connectivity index (χ3v) is 3.60. The zero-order chi connectivity index (χ0) is 15.2. The smallest absolute Gasteiger partial charge is 0.333 e. The molecule has 0 spiro atoms. The second-order valence-corrected chi connectivity index (χ2v) is 4.93. The van der Waals surface area contributed by atoms with Crippen molar-refractivity contribution in [1.82, 2.24) is 10.6 Å². The summed E-state index contributed by atoms with van der Waals surface area (Å²) in [6, 6.07) is 7.88. The molecule has 1 saturated heterocycles. The van der Waals surface area contributed by atoms with Gasteiger partial charge in [-0.3, -0.25) is 4.79 Å². The van der Waals surface area contributed by atoms with Gasteiger partial charge in [-0.05, 0) is 12.0 Å². The van der Waals surface area contributed by atoms with E-state index in [-0.39, 0.29) is 18.1 Å². The average Bonchev–Trinajstić information content (AvgIpc) is 3.01. The van der Waals surface area contributed by atoms with Gasteiger partial charge in [-0.15, -0.1) is 0 Å². The van der Waals surface area contributed by atoms with Crippen LogP contribution in [-0.2, 0) is 19.1 Å². The number of ether oxygens (including phenoxy) is 2. The zero-order valence-electron chi connectivity index (χ0n) is 12.2. The molecule has 0 bridgehead atoms. The number of hydrogen-bond donors (Lipinski definition) is 2. The summed E-state index contributed by atoms with van der Waals surface area (Å²) in [5.74, 6) is -0.718. The minimum atomic E-state index is -0.799. The number of hydrogen-bond acceptors (Lipinski definition) is 5. The molecule has 6 heteroatoms. The molecule has 0 saturated carbocycles. The van der Waals surface area contributed by atoms with Gasteiger partial charge in [0.2, 0.25) is 5.91 Å². The summed E-state index contributed by atoms with van der Waals surface area (Å²) < 4.78 is 9.99. The van der Waals surface area contributed by atoms with Crippen molar-refractivity contribution in [2.24, 2.45) is 0 Å². The Morgan fingerprint density at radius 1 is 1.29 bits per heavy atom. The molecule has 1 fully saturated rings. The van der Waals surface area contributed by atoms with E-state index < -0.39 is 12.0 Å². The van der Waals surface area contributed by atoms with Crippen molar-refractivity contribution in [2.45, 2.75) is 24.6 Å². The van der Waals surface area contributed by atoms with Crippen LogP contribution in [0.3, 0.4) is 0 Å². The fraction of sp³-hybridized carbons (Fsp3) is 0.467. The summed E-state index contributed by atoms with van der Waals surface area (Å²) >= 11 is 0. The van der Waals surface area contributed by atoms with Gasteiger partial charge in [0.1, 0.15) is 0 Å². The molecule has 2 N–H and O–H groups in total. The Hall–Kier alpha value is -1.92. The molecular weight excluding hydrogens is 272 g/mol. The number of amides is 1. The number of esters is 1. The van der Waals surface area contributed by atoms with Crippen molar-refractivity contribution >= 4 is 11.9 Å². The molecule has 1 aromatic carbocycles. The van der Waals surface area contributed by atoms with Crippen LogP contribution in [0.4, 0.5) is 0 Å². The Balaban J connectivity index is 2.06. The van der Waals surface area contributed by atoms with Gasteiger partial charge in [0.25, 0.3) is 0 Å². The topological polar surface area (TPSA) is 76.7 Å². The van der Waals surface area contributed by atoms with Crippen molar-refractivity contribution in [1.29, 1.82) is 0 Å². The molecule has 1 amide bonds. The highest BCUT2D eigenvalue weighted by Crippen LogP contribution is 2.16. The van der Waals surface area contributed by atoms with Gasteiger partial charge in [-0.25, -0.2) is 4.79 Å². The summed E-state index contributed by atoms with van der Waals surface area (Å²) in [4.78, 5) is 24.2. The summed E-state index contributed by atoms with van der Waals surface area (Å²) in [5.41, 5.74) is 0.694. The van der Waals surface area contributed by atoms with E-state index >= 15 is 0 Å². The minimum Gasteiger partial charge on any atom is -0.467 e. The molecule has 2 rings (SSSR count). The molecule has 1 aromatic rings. The summed E-state index contributed by atoms with van der Waals surface area (Å²) in [7, 11) is 2.92. The van der Waals surface area contributed by atoms with Gasteiger partial charge in [0.15, 0.2) is 6.04 Å². The highest BCUT2D eigenvalue weighted by atomic mass is 16.5. The lowest BCUT2D eigenvalue weighted by Crippen LogP contribution is -2.44. The predicted octanol–water partition coefficient (Wildman–Crippen LogP) is 0.394. The van der Waals surface area contributed by atoms with Crippen LogP contribution in [0.1, 0.15) is 18.0 Å². The minimum absolute atomic E-state index is 0.0223. The molecule has 1 aliphatic heterocycles. The lowest BCUT2D eigenvalue weighted by molar-refractivity contribution is -0.145. The van der Waals surface area contributed by atoms with Crippen LogP contribution in [0.25, 0.3) is 0 Å². The van der Waals surface area contributed by atoms with Crippen LogP contribution in [0, 0.1) is 0 Å². The Morgan fingerprint density at radius 2 is 2.00 bits per heavy atom. The van der Waals surface area contributed by atoms with E-state index in [1.54, 1.807) is 19.2 Å². The second kappa shape index (κ2) is 7.19. The Kier molecular flexibility index (Phi) is 5.30. The monoisotopic (exact) mass is 292 g/mol. The van der Waals surface area contributed by atoms with E-state index in [4.69, 9.17) is 9.47 Å². The first-order valence-corrected chi connectivity index (χ1v) is 6.85. The molecule has 114 valence electrons. The highest BCUT2D eigenvalue weighted by molar-refractivity contribution is 5.88. The van der Waals surface area contributed by atoms with Crippen LogP contribution in [-0.4, -0.2) is 44.8 Å². The van der Waals surface area contributed by atoms with E-state index in [0.717, 1.165) is 0 Å². The van der Waals surface area contributed by atoms with Crippen molar-refractivity contribution < 1.29 is 19.1 Å². The molecule has 3 unspecified atom stereocenters. The van der Waals surface area contributed by atoms with Crippen molar-refractivity contribution in [3.8, 4) is 0 Å². The van der Waals surface area contributed by atoms with E-state index in [0.29, 0.717) is 18.5 Å². The summed E-state index contributed by atoms with van der Waals surface area (Å²) in [6.45, 7) is 0.628. The molecule has 1 aliphatic rings. The first-order valence-electron chi connectivity index (χ1n) is 6.85. The van der Waals surface area contributed by atoms with E-state index in [9.17, 15) is 9.59 Å². The highest BCUT2D eigenvalue weighted by Gasteiger charge is 2.32. The van der Waals surface area contributed by atoms with Crippen LogP contribution in [0.15, 0.2) is 30.3 Å². The third-order valence-electron chi connectivity index (χ3n) is 3.60. The molecular formula is C15H20N2O4. The SMILES string of the molecule is COC(=O)C(NC(=O)C1CC(OC)CN1)c1ccccc1. The molecule has 6 nitrogen and oxygen atoms in total. The van der Waals surface area contributed by atoms with Crippen molar-refractivity contribution in [3.63, 3.8) is 0 Å². The second-order valence-electron chi connectivity index (χ2n) is 4.93. The van der Waals surface area contributed by atoms with Gasteiger partial charge in [-0.1, -0.05) is 30.3 Å². The maximum Gasteiger partial charge on any atom is 0.333 e. The fourth-order valence-corrected chi connectivity index (χ4v) is 2.37. The standard InChI is InChI=1S/C15H20N2O4/c1-20-11-8-12(16-9-11)14(18)17-13(15(19)21-2)10-6-4-3-5-7-10/h3-7,11-13,16H,8-9H2,1-2H3,(H,17,18). The van der Waals surface area contributed by atoms with Crippen LogP contribution >= 0.6 is 0 Å². The van der Waals surface area contributed by atoms with Gasteiger partial charge >= 0.3 is 5.97 Å². The third kappa shape index (κ3) is 3.80. The van der Waals surface area contributed by atoms with E-state index in [1.807, 2.05) is 18.2 Å². The molecule has 21 heavy (non-hydrogen) atoms. The largest absolute Gasteiger partial charge is 0.467 e. The summed E-state index contributed by atoms with van der Waals surface area (Å²) in [5, 5.41) is 5.82. The molecule has 1 heterocycles. The van der Waals surface area contributed by atoms with Crippen molar-refractivity contribution in [2.75, 3.05) is 20.8 Å².